The lowest BCUT2D eigenvalue weighted by Gasteiger charge is -2.26. The number of benzene rings is 4. The lowest BCUT2D eigenvalue weighted by molar-refractivity contribution is -0.122. The summed E-state index contributed by atoms with van der Waals surface area (Å²) in [7, 11) is 0. The van der Waals surface area contributed by atoms with Crippen molar-refractivity contribution in [3.63, 3.8) is 0 Å². The average molecular weight is 610 g/mol. The van der Waals surface area contributed by atoms with Crippen LogP contribution in [0.25, 0.3) is 6.08 Å². The van der Waals surface area contributed by atoms with Crippen LogP contribution in [0.4, 0.5) is 16.2 Å². The number of rotatable bonds is 9. The van der Waals surface area contributed by atoms with Gasteiger partial charge in [-0.2, -0.15) is 0 Å². The number of carbonyl (C=O) groups excluding carboxylic acids is 4. The number of aryl methyl sites for hydroxylation is 2. The van der Waals surface area contributed by atoms with E-state index in [4.69, 9.17) is 21.1 Å². The van der Waals surface area contributed by atoms with Crippen LogP contribution in [0.2, 0.25) is 5.02 Å². The Morgan fingerprint density at radius 3 is 2.39 bits per heavy atom. The SMILES string of the molecule is Cc1ccc(C)c(NC(=O)COc2ccc(/C=C3/C(=O)NC(=O)N(c4ccc(OCc5ccccc5)cc4)C3=O)cc2Cl)c1. The molecule has 0 atom stereocenters. The number of urea groups is 1. The van der Waals surface area contributed by atoms with Gasteiger partial charge in [0.1, 0.15) is 23.7 Å². The molecule has 44 heavy (non-hydrogen) atoms. The molecule has 5 amide bonds. The van der Waals surface area contributed by atoms with E-state index < -0.39 is 17.8 Å². The molecule has 0 aliphatic carbocycles. The molecule has 1 aliphatic rings. The summed E-state index contributed by atoms with van der Waals surface area (Å²) in [4.78, 5) is 51.9. The second-order valence-electron chi connectivity index (χ2n) is 10.1. The minimum absolute atomic E-state index is 0.168. The van der Waals surface area contributed by atoms with Crippen molar-refractivity contribution in [2.75, 3.05) is 16.8 Å². The number of hydrogen-bond acceptors (Lipinski definition) is 6. The predicted molar refractivity (Wildman–Crippen MR) is 168 cm³/mol. The van der Waals surface area contributed by atoms with Gasteiger partial charge in [0.25, 0.3) is 17.7 Å². The summed E-state index contributed by atoms with van der Waals surface area (Å²) in [5, 5.41) is 5.19. The first kappa shape index (κ1) is 30.1. The van der Waals surface area contributed by atoms with Gasteiger partial charge in [-0.05, 0) is 84.6 Å². The van der Waals surface area contributed by atoms with Crippen LogP contribution in [-0.2, 0) is 21.0 Å². The Hall–Kier alpha value is -5.41. The molecule has 1 fully saturated rings. The molecule has 1 heterocycles. The third-order valence-electron chi connectivity index (χ3n) is 6.74. The molecule has 1 aliphatic heterocycles. The Labute approximate surface area is 259 Å². The smallest absolute Gasteiger partial charge is 0.335 e. The maximum Gasteiger partial charge on any atom is 0.335 e. The minimum Gasteiger partial charge on any atom is -0.489 e. The highest BCUT2D eigenvalue weighted by molar-refractivity contribution is 6.39. The molecule has 9 nitrogen and oxygen atoms in total. The molecule has 222 valence electrons. The van der Waals surface area contributed by atoms with Crippen molar-refractivity contribution < 1.29 is 28.7 Å². The van der Waals surface area contributed by atoms with Crippen molar-refractivity contribution in [3.8, 4) is 11.5 Å². The van der Waals surface area contributed by atoms with Crippen molar-refractivity contribution in [2.24, 2.45) is 0 Å². The van der Waals surface area contributed by atoms with Gasteiger partial charge in [-0.3, -0.25) is 19.7 Å². The molecule has 1 saturated heterocycles. The Balaban J connectivity index is 1.25. The molecule has 0 radical (unpaired) electrons. The van der Waals surface area contributed by atoms with E-state index in [9.17, 15) is 19.2 Å². The number of carbonyl (C=O) groups is 4. The van der Waals surface area contributed by atoms with Crippen molar-refractivity contribution >= 4 is 52.8 Å². The Morgan fingerprint density at radius 2 is 1.66 bits per heavy atom. The molecule has 4 aromatic carbocycles. The van der Waals surface area contributed by atoms with Crippen LogP contribution < -0.4 is 25.0 Å². The number of halogens is 1. The highest BCUT2D eigenvalue weighted by atomic mass is 35.5. The van der Waals surface area contributed by atoms with E-state index in [2.05, 4.69) is 10.6 Å². The summed E-state index contributed by atoms with van der Waals surface area (Å²) in [5.41, 5.74) is 4.05. The summed E-state index contributed by atoms with van der Waals surface area (Å²) in [6, 6.07) is 25.5. The number of nitrogens with zero attached hydrogens (tertiary/aromatic N) is 1. The van der Waals surface area contributed by atoms with Gasteiger partial charge >= 0.3 is 6.03 Å². The van der Waals surface area contributed by atoms with Crippen molar-refractivity contribution in [1.29, 1.82) is 0 Å². The van der Waals surface area contributed by atoms with E-state index >= 15 is 0 Å². The first-order valence-electron chi connectivity index (χ1n) is 13.7. The van der Waals surface area contributed by atoms with Crippen molar-refractivity contribution in [3.05, 3.63) is 124 Å². The zero-order valence-electron chi connectivity index (χ0n) is 23.9. The van der Waals surface area contributed by atoms with Gasteiger partial charge in [0.2, 0.25) is 0 Å². The maximum absolute atomic E-state index is 13.3. The molecule has 10 heteroatoms. The Bertz CT molecular complexity index is 1770. The number of ether oxygens (including phenoxy) is 2. The first-order valence-corrected chi connectivity index (χ1v) is 14.0. The van der Waals surface area contributed by atoms with Crippen LogP contribution in [0.15, 0.2) is 96.6 Å². The molecule has 0 spiro atoms. The van der Waals surface area contributed by atoms with Gasteiger partial charge < -0.3 is 14.8 Å². The van der Waals surface area contributed by atoms with Gasteiger partial charge in [0.15, 0.2) is 6.61 Å². The van der Waals surface area contributed by atoms with Crippen LogP contribution in [0, 0.1) is 13.8 Å². The normalized spacial score (nSPS) is 13.9. The molecular formula is C34H28ClN3O6. The molecule has 5 rings (SSSR count). The largest absolute Gasteiger partial charge is 0.489 e. The summed E-state index contributed by atoms with van der Waals surface area (Å²) in [5.74, 6) is -1.19. The second-order valence-corrected chi connectivity index (χ2v) is 10.5. The van der Waals surface area contributed by atoms with E-state index in [0.717, 1.165) is 21.6 Å². The topological polar surface area (TPSA) is 114 Å². The molecule has 0 unspecified atom stereocenters. The number of amides is 5. The number of barbiturate groups is 1. The van der Waals surface area contributed by atoms with Gasteiger partial charge in [0, 0.05) is 5.69 Å². The molecule has 0 saturated carbocycles. The van der Waals surface area contributed by atoms with Crippen LogP contribution in [0.3, 0.4) is 0 Å². The maximum atomic E-state index is 13.3. The number of imide groups is 2. The highest BCUT2D eigenvalue weighted by Crippen LogP contribution is 2.29. The zero-order valence-corrected chi connectivity index (χ0v) is 24.7. The fourth-order valence-corrected chi connectivity index (χ4v) is 4.66. The standard InChI is InChI=1S/C34H28ClN3O6/c1-21-8-9-22(2)29(16-21)36-31(39)20-44-30-15-10-24(18-28(30)35)17-27-32(40)37-34(42)38(33(27)41)25-11-13-26(14-12-25)43-19-23-6-4-3-5-7-23/h3-18H,19-20H2,1-2H3,(H,36,39)(H,37,40,42)/b27-17-. The van der Waals surface area contributed by atoms with E-state index in [1.165, 1.54) is 18.2 Å². The fraction of sp³-hybridized carbons (Fsp3) is 0.118. The van der Waals surface area contributed by atoms with E-state index in [0.29, 0.717) is 23.6 Å². The quantitative estimate of drug-likeness (QED) is 0.172. The molecule has 2 N–H and O–H groups in total. The van der Waals surface area contributed by atoms with Crippen LogP contribution in [0.5, 0.6) is 11.5 Å². The highest BCUT2D eigenvalue weighted by Gasteiger charge is 2.36. The lowest BCUT2D eigenvalue weighted by Crippen LogP contribution is -2.54. The summed E-state index contributed by atoms with van der Waals surface area (Å²) >= 11 is 6.39. The van der Waals surface area contributed by atoms with Crippen LogP contribution in [-0.4, -0.2) is 30.4 Å². The van der Waals surface area contributed by atoms with Gasteiger partial charge in [-0.25, -0.2) is 9.69 Å². The summed E-state index contributed by atoms with van der Waals surface area (Å²) < 4.78 is 11.4. The third-order valence-corrected chi connectivity index (χ3v) is 7.03. The second kappa shape index (κ2) is 13.3. The van der Waals surface area contributed by atoms with Crippen LogP contribution in [0.1, 0.15) is 22.3 Å². The van der Waals surface area contributed by atoms with Crippen LogP contribution >= 0.6 is 11.6 Å². The van der Waals surface area contributed by atoms with Gasteiger partial charge in [-0.15, -0.1) is 0 Å². The minimum atomic E-state index is -0.865. The predicted octanol–water partition coefficient (Wildman–Crippen LogP) is 6.22. The fourth-order valence-electron chi connectivity index (χ4n) is 4.41. The van der Waals surface area contributed by atoms with E-state index in [-0.39, 0.29) is 34.5 Å². The number of nitrogens with one attached hydrogen (secondary N) is 2. The van der Waals surface area contributed by atoms with E-state index in [1.807, 2.05) is 62.4 Å². The number of anilines is 2. The van der Waals surface area contributed by atoms with Gasteiger partial charge in [-0.1, -0.05) is 60.1 Å². The summed E-state index contributed by atoms with van der Waals surface area (Å²) in [6.45, 7) is 3.91. The molecule has 0 bridgehead atoms. The molecule has 0 aromatic heterocycles. The van der Waals surface area contributed by atoms with E-state index in [1.54, 1.807) is 30.3 Å². The van der Waals surface area contributed by atoms with Crippen molar-refractivity contribution in [1.82, 2.24) is 5.32 Å². The Kier molecular flexibility index (Phi) is 9.06. The molecule has 4 aromatic rings. The van der Waals surface area contributed by atoms with Crippen molar-refractivity contribution in [2.45, 2.75) is 20.5 Å². The number of hydrogen-bond donors (Lipinski definition) is 2. The molecular weight excluding hydrogens is 582 g/mol. The Morgan fingerprint density at radius 1 is 0.909 bits per heavy atom. The first-order chi connectivity index (χ1) is 21.2. The zero-order chi connectivity index (χ0) is 31.2. The summed E-state index contributed by atoms with van der Waals surface area (Å²) in [6.07, 6.45) is 1.33. The third kappa shape index (κ3) is 7.14. The monoisotopic (exact) mass is 609 g/mol. The lowest BCUT2D eigenvalue weighted by atomic mass is 10.1. The van der Waals surface area contributed by atoms with Gasteiger partial charge in [0.05, 0.1) is 10.7 Å². The average Bonchev–Trinajstić information content (AvgIpc) is 3.00.